The summed E-state index contributed by atoms with van der Waals surface area (Å²) in [6.45, 7) is 7.58. The Labute approximate surface area is 211 Å². The molecule has 1 aromatic heterocycles. The number of piperidine rings is 1. The van der Waals surface area contributed by atoms with E-state index < -0.39 is 0 Å². The molecule has 0 atom stereocenters. The number of benzene rings is 2. The van der Waals surface area contributed by atoms with E-state index in [1.54, 1.807) is 31.3 Å². The first kappa shape index (κ1) is 25.4. The smallest absolute Gasteiger partial charge is 0.309 e. The second-order valence-corrected chi connectivity index (χ2v) is 8.84. The zero-order valence-electron chi connectivity index (χ0n) is 21.3. The van der Waals surface area contributed by atoms with E-state index in [0.717, 1.165) is 33.4 Å². The molecule has 0 N–H and O–H groups in total. The van der Waals surface area contributed by atoms with Gasteiger partial charge in [-0.3, -0.25) is 9.59 Å². The lowest BCUT2D eigenvalue weighted by Crippen LogP contribution is -2.40. The van der Waals surface area contributed by atoms with Crippen molar-refractivity contribution in [2.45, 2.75) is 33.6 Å². The van der Waals surface area contributed by atoms with Gasteiger partial charge in [0.2, 0.25) is 5.91 Å². The highest BCUT2D eigenvalue weighted by atomic mass is 16.5. The Hall–Kier alpha value is -3.74. The summed E-state index contributed by atoms with van der Waals surface area (Å²) in [4.78, 5) is 26.9. The van der Waals surface area contributed by atoms with Gasteiger partial charge in [0.05, 0.1) is 32.5 Å². The summed E-state index contributed by atoms with van der Waals surface area (Å²) in [5, 5.41) is 0.928. The fourth-order valence-electron chi connectivity index (χ4n) is 4.60. The second kappa shape index (κ2) is 11.3. The first-order valence-electron chi connectivity index (χ1n) is 12.4. The molecule has 3 aromatic rings. The lowest BCUT2D eigenvalue weighted by molar-refractivity contribution is -0.150. The number of fused-ring (bicyclic) bond motifs is 1. The first-order valence-corrected chi connectivity index (χ1v) is 12.4. The average Bonchev–Trinajstić information content (AvgIpc) is 3.31. The van der Waals surface area contributed by atoms with Crippen LogP contribution in [0.5, 0.6) is 11.5 Å². The SMILES string of the molecule is CCOC(=O)C1CCN(C(=O)/C=C(\C)c2cc3c(-c4cccc(OC)c4)coc3cc2OCC)CC1. The number of rotatable bonds is 8. The van der Waals surface area contributed by atoms with E-state index in [9.17, 15) is 9.59 Å². The minimum Gasteiger partial charge on any atom is -0.497 e. The van der Waals surface area contributed by atoms with Gasteiger partial charge in [0.1, 0.15) is 17.1 Å². The van der Waals surface area contributed by atoms with Gasteiger partial charge in [-0.15, -0.1) is 0 Å². The number of likely N-dealkylation sites (tertiary alicyclic amines) is 1. The molecule has 1 amide bonds. The molecular weight excluding hydrogens is 458 g/mol. The van der Waals surface area contributed by atoms with Gasteiger partial charge in [-0.05, 0) is 62.9 Å². The van der Waals surface area contributed by atoms with Crippen molar-refractivity contribution in [3.05, 3.63) is 54.3 Å². The number of hydrogen-bond donors (Lipinski definition) is 0. The summed E-state index contributed by atoms with van der Waals surface area (Å²) in [5.41, 5.74) is 4.26. The molecule has 1 saturated heterocycles. The van der Waals surface area contributed by atoms with E-state index in [4.69, 9.17) is 18.6 Å². The van der Waals surface area contributed by atoms with Crippen LogP contribution in [0.2, 0.25) is 0 Å². The number of nitrogens with zero attached hydrogens (tertiary/aromatic N) is 1. The molecule has 0 unspecified atom stereocenters. The summed E-state index contributed by atoms with van der Waals surface area (Å²) < 4.78 is 22.3. The Morgan fingerprint density at radius 2 is 1.89 bits per heavy atom. The second-order valence-electron chi connectivity index (χ2n) is 8.84. The minimum absolute atomic E-state index is 0.0717. The van der Waals surface area contributed by atoms with Gasteiger partial charge in [-0.2, -0.15) is 0 Å². The zero-order chi connectivity index (χ0) is 25.7. The van der Waals surface area contributed by atoms with Gasteiger partial charge in [0.15, 0.2) is 0 Å². The van der Waals surface area contributed by atoms with Crippen molar-refractivity contribution in [3.63, 3.8) is 0 Å². The molecule has 7 nitrogen and oxygen atoms in total. The van der Waals surface area contributed by atoms with E-state index in [1.807, 2.05) is 50.2 Å². The summed E-state index contributed by atoms with van der Waals surface area (Å²) >= 11 is 0. The Bertz CT molecular complexity index is 1270. The van der Waals surface area contributed by atoms with Crippen molar-refractivity contribution < 1.29 is 28.2 Å². The fraction of sp³-hybridized carbons (Fsp3) is 0.379. The minimum atomic E-state index is -0.169. The van der Waals surface area contributed by atoms with Crippen LogP contribution in [-0.4, -0.2) is 50.2 Å². The van der Waals surface area contributed by atoms with Crippen molar-refractivity contribution in [3.8, 4) is 22.6 Å². The number of allylic oxidation sites excluding steroid dienone is 1. The van der Waals surface area contributed by atoms with Crippen LogP contribution in [0.1, 0.15) is 39.2 Å². The van der Waals surface area contributed by atoms with E-state index in [1.165, 1.54) is 0 Å². The van der Waals surface area contributed by atoms with Crippen LogP contribution in [0, 0.1) is 5.92 Å². The highest BCUT2D eigenvalue weighted by Gasteiger charge is 2.27. The average molecular weight is 492 g/mol. The number of furan rings is 1. The molecule has 1 fully saturated rings. The van der Waals surface area contributed by atoms with Crippen LogP contribution in [0.25, 0.3) is 27.7 Å². The lowest BCUT2D eigenvalue weighted by Gasteiger charge is -2.30. The predicted octanol–water partition coefficient (Wildman–Crippen LogP) is 5.71. The quantitative estimate of drug-likeness (QED) is 0.297. The maximum atomic E-state index is 13.1. The molecule has 0 radical (unpaired) electrons. The number of esters is 1. The van der Waals surface area contributed by atoms with Gasteiger partial charge in [-0.1, -0.05) is 12.1 Å². The van der Waals surface area contributed by atoms with Gasteiger partial charge in [0, 0.05) is 41.7 Å². The van der Waals surface area contributed by atoms with Crippen LogP contribution in [0.4, 0.5) is 0 Å². The van der Waals surface area contributed by atoms with Crippen molar-refractivity contribution in [1.29, 1.82) is 0 Å². The number of carbonyl (C=O) groups excluding carboxylic acids is 2. The molecule has 0 spiro atoms. The third-order valence-corrected chi connectivity index (χ3v) is 6.55. The number of ether oxygens (including phenoxy) is 3. The third kappa shape index (κ3) is 5.40. The van der Waals surface area contributed by atoms with E-state index in [2.05, 4.69) is 0 Å². The highest BCUT2D eigenvalue weighted by molar-refractivity contribution is 6.00. The maximum Gasteiger partial charge on any atom is 0.309 e. The Morgan fingerprint density at radius 1 is 1.11 bits per heavy atom. The van der Waals surface area contributed by atoms with Crippen molar-refractivity contribution in [1.82, 2.24) is 4.90 Å². The molecular formula is C29H33NO6. The Kier molecular flexibility index (Phi) is 7.98. The van der Waals surface area contributed by atoms with E-state index >= 15 is 0 Å². The number of methoxy groups -OCH3 is 1. The fourth-order valence-corrected chi connectivity index (χ4v) is 4.60. The molecule has 0 saturated carbocycles. The molecule has 4 rings (SSSR count). The maximum absolute atomic E-state index is 13.1. The molecule has 2 aromatic carbocycles. The summed E-state index contributed by atoms with van der Waals surface area (Å²) in [7, 11) is 1.64. The molecule has 1 aliphatic heterocycles. The van der Waals surface area contributed by atoms with Gasteiger partial charge >= 0.3 is 5.97 Å². The molecule has 2 heterocycles. The van der Waals surface area contributed by atoms with Gasteiger partial charge < -0.3 is 23.5 Å². The number of carbonyl (C=O) groups is 2. The highest BCUT2D eigenvalue weighted by Crippen LogP contribution is 2.38. The third-order valence-electron chi connectivity index (χ3n) is 6.55. The van der Waals surface area contributed by atoms with Crippen molar-refractivity contribution in [2.75, 3.05) is 33.4 Å². The number of amides is 1. The van der Waals surface area contributed by atoms with Crippen LogP contribution in [0.15, 0.2) is 53.2 Å². The van der Waals surface area contributed by atoms with Crippen LogP contribution in [-0.2, 0) is 14.3 Å². The topological polar surface area (TPSA) is 78.2 Å². The summed E-state index contributed by atoms with van der Waals surface area (Å²) in [5.74, 6) is 1.05. The molecule has 1 aliphatic rings. The summed E-state index contributed by atoms with van der Waals surface area (Å²) in [6, 6.07) is 11.7. The normalized spacial score (nSPS) is 14.7. The van der Waals surface area contributed by atoms with Gasteiger partial charge in [-0.25, -0.2) is 0 Å². The Morgan fingerprint density at radius 3 is 2.58 bits per heavy atom. The lowest BCUT2D eigenvalue weighted by atomic mass is 9.96. The molecule has 36 heavy (non-hydrogen) atoms. The monoisotopic (exact) mass is 491 g/mol. The Balaban J connectivity index is 1.61. The van der Waals surface area contributed by atoms with Crippen LogP contribution >= 0.6 is 0 Å². The van der Waals surface area contributed by atoms with Crippen LogP contribution in [0.3, 0.4) is 0 Å². The molecule has 190 valence electrons. The van der Waals surface area contributed by atoms with Crippen LogP contribution < -0.4 is 9.47 Å². The van der Waals surface area contributed by atoms with Gasteiger partial charge in [0.25, 0.3) is 0 Å². The molecule has 0 aliphatic carbocycles. The van der Waals surface area contributed by atoms with E-state index in [-0.39, 0.29) is 17.8 Å². The first-order chi connectivity index (χ1) is 17.4. The zero-order valence-corrected chi connectivity index (χ0v) is 21.3. The standard InChI is InChI=1S/C29H33NO6/c1-5-34-26-17-27-24(25(18-36-27)21-8-7-9-22(15-21)33-4)16-23(26)19(3)14-28(31)30-12-10-20(11-13-30)29(32)35-6-2/h7-9,14-18,20H,5-6,10-13H2,1-4H3/b19-14+. The van der Waals surface area contributed by atoms with E-state index in [0.29, 0.717) is 50.5 Å². The van der Waals surface area contributed by atoms with Crippen molar-refractivity contribution >= 4 is 28.4 Å². The largest absolute Gasteiger partial charge is 0.497 e. The molecule has 0 bridgehead atoms. The predicted molar refractivity (Wildman–Crippen MR) is 139 cm³/mol. The summed E-state index contributed by atoms with van der Waals surface area (Å²) in [6.07, 6.45) is 4.62. The molecule has 7 heteroatoms. The van der Waals surface area contributed by atoms with Crippen molar-refractivity contribution in [2.24, 2.45) is 5.92 Å². The number of hydrogen-bond acceptors (Lipinski definition) is 6.